The van der Waals surface area contributed by atoms with Gasteiger partial charge < -0.3 is 29.3 Å². The summed E-state index contributed by atoms with van der Waals surface area (Å²) in [6.07, 6.45) is 2.29. The number of hydrogen-bond donors (Lipinski definition) is 1. The Morgan fingerprint density at radius 3 is 2.47 bits per heavy atom. The van der Waals surface area contributed by atoms with Gasteiger partial charge in [-0.3, -0.25) is 9.69 Å². The lowest BCUT2D eigenvalue weighted by atomic mass is 10.1. The second-order valence-electron chi connectivity index (χ2n) is 11.5. The van der Waals surface area contributed by atoms with E-state index < -0.39 is 0 Å². The molecule has 5 heterocycles. The monoisotopic (exact) mass is 581 g/mol. The third kappa shape index (κ3) is 5.99. The summed E-state index contributed by atoms with van der Waals surface area (Å²) < 4.78 is 16.7. The van der Waals surface area contributed by atoms with Crippen LogP contribution in [0.4, 0.5) is 17.2 Å². The number of anilines is 3. The summed E-state index contributed by atoms with van der Waals surface area (Å²) in [7, 11) is 0. The molecular formula is C32H35N7O4. The highest BCUT2D eigenvalue weighted by Crippen LogP contribution is 2.29. The number of likely N-dealkylation sites (tertiary alicyclic amines) is 1. The first-order chi connectivity index (χ1) is 21.1. The number of piperazine rings is 1. The maximum atomic E-state index is 12.5. The van der Waals surface area contributed by atoms with E-state index >= 15 is 0 Å². The molecule has 4 aliphatic rings. The molecule has 43 heavy (non-hydrogen) atoms. The van der Waals surface area contributed by atoms with Gasteiger partial charge in [-0.1, -0.05) is 0 Å². The maximum absolute atomic E-state index is 12.5. The highest BCUT2D eigenvalue weighted by molar-refractivity contribution is 5.80. The van der Waals surface area contributed by atoms with Crippen molar-refractivity contribution < 1.29 is 19.0 Å². The summed E-state index contributed by atoms with van der Waals surface area (Å²) in [6, 6.07) is 18.5. The normalized spacial score (nSPS) is 21.1. The van der Waals surface area contributed by atoms with Crippen molar-refractivity contribution >= 4 is 23.1 Å². The Morgan fingerprint density at radius 2 is 1.77 bits per heavy atom. The fraction of sp³-hybridized carbons (Fsp3) is 0.438. The van der Waals surface area contributed by atoms with E-state index in [0.717, 1.165) is 57.1 Å². The van der Waals surface area contributed by atoms with Gasteiger partial charge in [0.2, 0.25) is 5.91 Å². The van der Waals surface area contributed by atoms with Crippen LogP contribution in [0.15, 0.2) is 54.7 Å². The van der Waals surface area contributed by atoms with E-state index in [1.807, 2.05) is 17.0 Å². The molecule has 0 aliphatic carbocycles. The SMILES string of the molecule is N#Cc1cc(-c2nccc(Nc3ccc(N4CCN(C5COC5)CC4)cc3)n2)ccc1O[C@@H]1CCN(C(=O)C2COC2)C1. The van der Waals surface area contributed by atoms with E-state index in [1.54, 1.807) is 18.3 Å². The summed E-state index contributed by atoms with van der Waals surface area (Å²) in [5.74, 6) is 1.78. The average Bonchev–Trinajstić information content (AvgIpc) is 3.45. The zero-order valence-corrected chi connectivity index (χ0v) is 24.0. The van der Waals surface area contributed by atoms with E-state index in [4.69, 9.17) is 19.2 Å². The molecule has 0 saturated carbocycles. The predicted octanol–water partition coefficient (Wildman–Crippen LogP) is 2.91. The van der Waals surface area contributed by atoms with Crippen molar-refractivity contribution in [2.45, 2.75) is 18.6 Å². The van der Waals surface area contributed by atoms with Crippen LogP contribution in [0, 0.1) is 17.2 Å². The molecule has 1 atom stereocenters. The van der Waals surface area contributed by atoms with Crippen molar-refractivity contribution in [2.75, 3.05) is 75.9 Å². The number of aromatic nitrogens is 2. The number of hydrogen-bond acceptors (Lipinski definition) is 10. The minimum Gasteiger partial charge on any atom is -0.487 e. The topological polar surface area (TPSA) is 116 Å². The molecule has 11 heteroatoms. The van der Waals surface area contributed by atoms with Crippen LogP contribution in [0.25, 0.3) is 11.4 Å². The minimum atomic E-state index is -0.148. The summed E-state index contributed by atoms with van der Waals surface area (Å²) >= 11 is 0. The van der Waals surface area contributed by atoms with Crippen molar-refractivity contribution in [3.63, 3.8) is 0 Å². The number of nitriles is 1. The van der Waals surface area contributed by atoms with Crippen molar-refractivity contribution in [1.82, 2.24) is 19.8 Å². The molecule has 11 nitrogen and oxygen atoms in total. The average molecular weight is 582 g/mol. The van der Waals surface area contributed by atoms with E-state index in [0.29, 0.717) is 55.3 Å². The first-order valence-corrected chi connectivity index (χ1v) is 15.0. The molecule has 0 unspecified atom stereocenters. The Hall–Kier alpha value is -4.24. The smallest absolute Gasteiger partial charge is 0.230 e. The highest BCUT2D eigenvalue weighted by Gasteiger charge is 2.35. The molecule has 4 aliphatic heterocycles. The van der Waals surface area contributed by atoms with E-state index in [1.165, 1.54) is 5.69 Å². The predicted molar refractivity (Wildman–Crippen MR) is 160 cm³/mol. The van der Waals surface area contributed by atoms with E-state index in [-0.39, 0.29) is 17.9 Å². The molecule has 4 fully saturated rings. The number of nitrogens with zero attached hydrogens (tertiary/aromatic N) is 6. The third-order valence-electron chi connectivity index (χ3n) is 8.71. The Bertz CT molecular complexity index is 1490. The standard InChI is InChI=1S/C32H35N7O4/c33-16-23-15-22(1-6-29(23)43-28-8-10-39(17-28)32(40)24-18-41-19-24)31-34-9-7-30(36-31)35-25-2-4-26(5-3-25)37-11-13-38(14-12-37)27-20-42-21-27/h1-7,9,15,24,27-28H,8,10-14,17-21H2,(H,34,35,36)/t28-/m1/s1. The third-order valence-corrected chi connectivity index (χ3v) is 8.71. The van der Waals surface area contributed by atoms with Gasteiger partial charge in [-0.15, -0.1) is 0 Å². The molecule has 0 radical (unpaired) electrons. The van der Waals surface area contributed by atoms with Crippen LogP contribution in [0.5, 0.6) is 5.75 Å². The number of rotatable bonds is 8. The molecular weight excluding hydrogens is 546 g/mol. The van der Waals surface area contributed by atoms with Gasteiger partial charge >= 0.3 is 0 Å². The van der Waals surface area contributed by atoms with E-state index in [2.05, 4.69) is 50.4 Å². The number of amides is 1. The largest absolute Gasteiger partial charge is 0.487 e. The molecule has 222 valence electrons. The van der Waals surface area contributed by atoms with Gasteiger partial charge in [-0.2, -0.15) is 5.26 Å². The van der Waals surface area contributed by atoms with Gasteiger partial charge in [-0.25, -0.2) is 9.97 Å². The van der Waals surface area contributed by atoms with Crippen LogP contribution >= 0.6 is 0 Å². The second-order valence-corrected chi connectivity index (χ2v) is 11.5. The van der Waals surface area contributed by atoms with Crippen LogP contribution in [0.2, 0.25) is 0 Å². The Labute approximate surface area is 251 Å². The molecule has 0 spiro atoms. The summed E-state index contributed by atoms with van der Waals surface area (Å²) in [5.41, 5.74) is 3.29. The summed E-state index contributed by atoms with van der Waals surface area (Å²) in [6.45, 7) is 8.07. The number of benzene rings is 2. The minimum absolute atomic E-state index is 0.0311. The summed E-state index contributed by atoms with van der Waals surface area (Å²) in [4.78, 5) is 28.5. The lowest BCUT2D eigenvalue weighted by Crippen LogP contribution is -2.56. The lowest BCUT2D eigenvalue weighted by molar-refractivity contribution is -0.149. The molecule has 0 bridgehead atoms. The first kappa shape index (κ1) is 27.6. The van der Waals surface area contributed by atoms with Gasteiger partial charge in [0.1, 0.15) is 23.7 Å². The van der Waals surface area contributed by atoms with Crippen LogP contribution in [0.3, 0.4) is 0 Å². The van der Waals surface area contributed by atoms with Gasteiger partial charge in [-0.05, 0) is 48.5 Å². The van der Waals surface area contributed by atoms with Crippen molar-refractivity contribution in [3.05, 3.63) is 60.3 Å². The van der Waals surface area contributed by atoms with Crippen LogP contribution in [-0.4, -0.2) is 104 Å². The van der Waals surface area contributed by atoms with Crippen LogP contribution in [0.1, 0.15) is 12.0 Å². The van der Waals surface area contributed by atoms with Crippen molar-refractivity contribution in [2.24, 2.45) is 5.92 Å². The van der Waals surface area contributed by atoms with E-state index in [9.17, 15) is 10.1 Å². The Morgan fingerprint density at radius 1 is 0.977 bits per heavy atom. The molecule has 1 amide bonds. The maximum Gasteiger partial charge on any atom is 0.230 e. The van der Waals surface area contributed by atoms with Crippen LogP contribution < -0.4 is 15.0 Å². The Kier molecular flexibility index (Phi) is 7.80. The molecule has 2 aromatic carbocycles. The van der Waals surface area contributed by atoms with Gasteiger partial charge in [0, 0.05) is 62.3 Å². The van der Waals surface area contributed by atoms with Gasteiger partial charge in [0.25, 0.3) is 0 Å². The second kappa shape index (κ2) is 12.2. The first-order valence-electron chi connectivity index (χ1n) is 15.0. The fourth-order valence-electron chi connectivity index (χ4n) is 5.95. The zero-order chi connectivity index (χ0) is 29.2. The van der Waals surface area contributed by atoms with Gasteiger partial charge in [0.15, 0.2) is 5.82 Å². The summed E-state index contributed by atoms with van der Waals surface area (Å²) in [5, 5.41) is 13.2. The number of carbonyl (C=O) groups excluding carboxylic acids is 1. The molecule has 1 aromatic heterocycles. The molecule has 1 N–H and O–H groups in total. The molecule has 7 rings (SSSR count). The van der Waals surface area contributed by atoms with Crippen molar-refractivity contribution in [1.29, 1.82) is 5.26 Å². The zero-order valence-electron chi connectivity index (χ0n) is 24.0. The number of carbonyl (C=O) groups is 1. The number of ether oxygens (including phenoxy) is 3. The quantitative estimate of drug-likeness (QED) is 0.426. The number of nitrogens with one attached hydrogen (secondary N) is 1. The van der Waals surface area contributed by atoms with Crippen LogP contribution in [-0.2, 0) is 14.3 Å². The van der Waals surface area contributed by atoms with Crippen molar-refractivity contribution in [3.8, 4) is 23.2 Å². The highest BCUT2D eigenvalue weighted by atomic mass is 16.5. The lowest BCUT2D eigenvalue weighted by Gasteiger charge is -2.43. The fourth-order valence-corrected chi connectivity index (χ4v) is 5.95. The molecule has 4 saturated heterocycles. The molecule has 3 aromatic rings. The van der Waals surface area contributed by atoms with Gasteiger partial charge in [0.05, 0.1) is 50.5 Å². The Balaban J connectivity index is 0.968.